The number of nitriles is 3. The lowest BCUT2D eigenvalue weighted by molar-refractivity contribution is 0.198. The minimum Gasteiger partial charge on any atom is -0.305 e. The van der Waals surface area contributed by atoms with Crippen molar-refractivity contribution in [2.24, 2.45) is 17.3 Å². The van der Waals surface area contributed by atoms with Gasteiger partial charge in [0.15, 0.2) is 5.41 Å². The molecule has 5 nitrogen and oxygen atoms in total. The molecule has 6 heteroatoms. The molecule has 152 valence electrons. The SMILES string of the molecule is N#CC1C(=N)C(C#N)(C#N)C(c2cccc(Br)c2)C2CN(Cc3ccccc3)CC=C12. The largest absolute Gasteiger partial charge is 0.305 e. The van der Waals surface area contributed by atoms with E-state index in [1.54, 1.807) is 0 Å². The molecule has 0 aromatic heterocycles. The number of hydrogen-bond acceptors (Lipinski definition) is 5. The van der Waals surface area contributed by atoms with Gasteiger partial charge in [-0.3, -0.25) is 4.90 Å². The summed E-state index contributed by atoms with van der Waals surface area (Å²) in [5.74, 6) is -1.57. The Morgan fingerprint density at radius 3 is 2.45 bits per heavy atom. The Labute approximate surface area is 190 Å². The van der Waals surface area contributed by atoms with Gasteiger partial charge in [-0.05, 0) is 28.8 Å². The Kier molecular flexibility index (Phi) is 5.75. The average Bonchev–Trinajstić information content (AvgIpc) is 2.79. The molecule has 2 aromatic carbocycles. The van der Waals surface area contributed by atoms with Crippen LogP contribution in [0.1, 0.15) is 17.0 Å². The van der Waals surface area contributed by atoms with Crippen LogP contribution in [0.15, 0.2) is 70.7 Å². The van der Waals surface area contributed by atoms with E-state index >= 15 is 0 Å². The van der Waals surface area contributed by atoms with Crippen molar-refractivity contribution in [1.29, 1.82) is 21.2 Å². The van der Waals surface area contributed by atoms with Crippen molar-refractivity contribution in [2.75, 3.05) is 13.1 Å². The number of rotatable bonds is 3. The number of hydrogen-bond donors (Lipinski definition) is 1. The van der Waals surface area contributed by atoms with Gasteiger partial charge in [-0.1, -0.05) is 64.5 Å². The van der Waals surface area contributed by atoms with Crippen molar-refractivity contribution < 1.29 is 0 Å². The number of nitrogens with zero attached hydrogens (tertiary/aromatic N) is 4. The van der Waals surface area contributed by atoms with Crippen molar-refractivity contribution in [3.05, 3.63) is 81.8 Å². The summed E-state index contributed by atoms with van der Waals surface area (Å²) in [6.45, 7) is 2.03. The second-order valence-corrected chi connectivity index (χ2v) is 8.95. The van der Waals surface area contributed by atoms with Crippen molar-refractivity contribution >= 4 is 21.6 Å². The Morgan fingerprint density at radius 1 is 1.06 bits per heavy atom. The molecule has 1 N–H and O–H groups in total. The number of halogens is 1. The standard InChI is InChI=1S/C25H20BrN5/c26-19-8-4-7-18(11-19)23-22-14-31(13-17-5-2-1-3-6-17)10-9-20(22)21(12-27)24(30)25(23,15-28)16-29/h1-9,11,21-23,30H,10,13-14H2. The van der Waals surface area contributed by atoms with Crippen LogP contribution in [0.25, 0.3) is 0 Å². The highest BCUT2D eigenvalue weighted by atomic mass is 79.9. The molecule has 1 aliphatic heterocycles. The smallest absolute Gasteiger partial charge is 0.189 e. The Balaban J connectivity index is 1.82. The Hall–Kier alpha value is -3.24. The summed E-state index contributed by atoms with van der Waals surface area (Å²) >= 11 is 3.50. The Bertz CT molecular complexity index is 1150. The van der Waals surface area contributed by atoms with Crippen LogP contribution in [0.3, 0.4) is 0 Å². The molecular formula is C25H20BrN5. The maximum absolute atomic E-state index is 10.2. The third kappa shape index (κ3) is 3.57. The van der Waals surface area contributed by atoms with Gasteiger partial charge in [0.05, 0.1) is 23.9 Å². The summed E-state index contributed by atoms with van der Waals surface area (Å²) in [7, 11) is 0. The molecule has 2 aliphatic rings. The molecule has 0 amide bonds. The van der Waals surface area contributed by atoms with Crippen molar-refractivity contribution in [3.8, 4) is 18.2 Å². The summed E-state index contributed by atoms with van der Waals surface area (Å²) < 4.78 is 0.853. The highest BCUT2D eigenvalue weighted by Gasteiger charge is 2.57. The van der Waals surface area contributed by atoms with Gasteiger partial charge in [0, 0.05) is 35.9 Å². The van der Waals surface area contributed by atoms with Gasteiger partial charge in [0.1, 0.15) is 5.92 Å². The second-order valence-electron chi connectivity index (χ2n) is 8.03. The summed E-state index contributed by atoms with van der Waals surface area (Å²) in [5.41, 5.74) is 1.09. The summed E-state index contributed by atoms with van der Waals surface area (Å²) in [6, 6.07) is 24.3. The van der Waals surface area contributed by atoms with Crippen LogP contribution in [-0.2, 0) is 6.54 Å². The molecule has 0 saturated heterocycles. The van der Waals surface area contributed by atoms with Crippen LogP contribution in [0, 0.1) is 56.7 Å². The van der Waals surface area contributed by atoms with E-state index in [0.29, 0.717) is 13.1 Å². The van der Waals surface area contributed by atoms with Gasteiger partial charge in [-0.15, -0.1) is 0 Å². The normalized spacial score (nSPS) is 24.8. The van der Waals surface area contributed by atoms with Crippen LogP contribution in [0.5, 0.6) is 0 Å². The lowest BCUT2D eigenvalue weighted by Crippen LogP contribution is -2.52. The first-order valence-corrected chi connectivity index (χ1v) is 10.9. The van der Waals surface area contributed by atoms with Gasteiger partial charge >= 0.3 is 0 Å². The summed E-state index contributed by atoms with van der Waals surface area (Å²) in [4.78, 5) is 2.28. The molecule has 3 atom stereocenters. The zero-order valence-corrected chi connectivity index (χ0v) is 18.4. The van der Waals surface area contributed by atoms with E-state index in [9.17, 15) is 15.8 Å². The molecule has 31 heavy (non-hydrogen) atoms. The molecule has 0 spiro atoms. The maximum atomic E-state index is 10.2. The lowest BCUT2D eigenvalue weighted by atomic mass is 9.54. The van der Waals surface area contributed by atoms with Crippen molar-refractivity contribution in [1.82, 2.24) is 4.90 Å². The number of fused-ring (bicyclic) bond motifs is 1. The van der Waals surface area contributed by atoms with E-state index in [2.05, 4.69) is 51.2 Å². The van der Waals surface area contributed by atoms with E-state index in [1.165, 1.54) is 5.56 Å². The first-order chi connectivity index (χ1) is 15.0. The summed E-state index contributed by atoms with van der Waals surface area (Å²) in [6.07, 6.45) is 2.03. The molecular weight excluding hydrogens is 450 g/mol. The molecule has 1 heterocycles. The fraction of sp³-hybridized carbons (Fsp3) is 0.280. The fourth-order valence-electron chi connectivity index (χ4n) is 4.91. The predicted octanol–water partition coefficient (Wildman–Crippen LogP) is 4.80. The zero-order chi connectivity index (χ0) is 22.0. The Morgan fingerprint density at radius 2 is 1.81 bits per heavy atom. The minimum atomic E-state index is -1.68. The number of benzene rings is 2. The van der Waals surface area contributed by atoms with E-state index < -0.39 is 17.3 Å². The van der Waals surface area contributed by atoms with Crippen LogP contribution >= 0.6 is 15.9 Å². The van der Waals surface area contributed by atoms with Gasteiger partial charge in [-0.2, -0.15) is 15.8 Å². The molecule has 1 fully saturated rings. The highest BCUT2D eigenvalue weighted by molar-refractivity contribution is 9.10. The maximum Gasteiger partial charge on any atom is 0.189 e. The molecule has 2 aromatic rings. The molecule has 0 radical (unpaired) electrons. The van der Waals surface area contributed by atoms with E-state index in [1.807, 2.05) is 48.5 Å². The van der Waals surface area contributed by atoms with Gasteiger partial charge < -0.3 is 5.41 Å². The van der Waals surface area contributed by atoms with Gasteiger partial charge in [-0.25, -0.2) is 0 Å². The zero-order valence-electron chi connectivity index (χ0n) is 16.8. The van der Waals surface area contributed by atoms with Gasteiger partial charge in [0.25, 0.3) is 0 Å². The van der Waals surface area contributed by atoms with Crippen LogP contribution < -0.4 is 0 Å². The van der Waals surface area contributed by atoms with Crippen molar-refractivity contribution in [3.63, 3.8) is 0 Å². The van der Waals surface area contributed by atoms with Crippen LogP contribution in [0.4, 0.5) is 0 Å². The third-order valence-corrected chi connectivity index (χ3v) is 6.82. The first-order valence-electron chi connectivity index (χ1n) is 10.1. The van der Waals surface area contributed by atoms with E-state index in [4.69, 9.17) is 5.41 Å². The van der Waals surface area contributed by atoms with Crippen molar-refractivity contribution in [2.45, 2.75) is 12.5 Å². The molecule has 3 unspecified atom stereocenters. The number of nitrogens with one attached hydrogen (secondary N) is 1. The molecule has 4 rings (SSSR count). The molecule has 1 aliphatic carbocycles. The second kappa shape index (κ2) is 8.48. The lowest BCUT2D eigenvalue weighted by Gasteiger charge is -2.47. The average molecular weight is 470 g/mol. The highest BCUT2D eigenvalue weighted by Crippen LogP contribution is 2.53. The van der Waals surface area contributed by atoms with Gasteiger partial charge in [0.2, 0.25) is 0 Å². The van der Waals surface area contributed by atoms with Crippen LogP contribution in [0.2, 0.25) is 0 Å². The quantitative estimate of drug-likeness (QED) is 0.652. The third-order valence-electron chi connectivity index (χ3n) is 6.32. The fourth-order valence-corrected chi connectivity index (χ4v) is 5.33. The summed E-state index contributed by atoms with van der Waals surface area (Å²) in [5, 5.41) is 38.9. The molecule has 1 saturated carbocycles. The first kappa shape index (κ1) is 21.0. The molecule has 0 bridgehead atoms. The van der Waals surface area contributed by atoms with E-state index in [0.717, 1.165) is 22.2 Å². The van der Waals surface area contributed by atoms with E-state index in [-0.39, 0.29) is 11.6 Å². The minimum absolute atomic E-state index is 0.107. The monoisotopic (exact) mass is 469 g/mol. The predicted molar refractivity (Wildman–Crippen MR) is 121 cm³/mol. The topological polar surface area (TPSA) is 98.5 Å². The van der Waals surface area contributed by atoms with Crippen LogP contribution in [-0.4, -0.2) is 23.7 Å².